The number of hydrogen-bond acceptors (Lipinski definition) is 2. The molecule has 29 heavy (non-hydrogen) atoms. The van der Waals surface area contributed by atoms with Crippen LogP contribution in [0.2, 0.25) is 5.02 Å². The summed E-state index contributed by atoms with van der Waals surface area (Å²) < 4.78 is 0.943. The molecule has 0 fully saturated rings. The van der Waals surface area contributed by atoms with E-state index in [2.05, 4.69) is 28.2 Å². The van der Waals surface area contributed by atoms with Crippen LogP contribution < -0.4 is 5.32 Å². The van der Waals surface area contributed by atoms with Gasteiger partial charge in [0.1, 0.15) is 6.04 Å². The normalized spacial score (nSPS) is 11.7. The molecular weight excluding hydrogens is 452 g/mol. The maximum Gasteiger partial charge on any atom is 0.242 e. The molecule has 0 aliphatic carbocycles. The summed E-state index contributed by atoms with van der Waals surface area (Å²) in [4.78, 5) is 27.4. The topological polar surface area (TPSA) is 49.4 Å². The van der Waals surface area contributed by atoms with E-state index in [0.29, 0.717) is 31.0 Å². The third kappa shape index (κ3) is 7.48. The van der Waals surface area contributed by atoms with Gasteiger partial charge in [0.2, 0.25) is 11.8 Å². The first-order valence-corrected chi connectivity index (χ1v) is 11.1. The van der Waals surface area contributed by atoms with Crippen LogP contribution in [0.1, 0.15) is 44.2 Å². The van der Waals surface area contributed by atoms with E-state index in [9.17, 15) is 9.59 Å². The molecule has 4 nitrogen and oxygen atoms in total. The molecule has 0 saturated carbocycles. The molecule has 156 valence electrons. The Labute approximate surface area is 186 Å². The second kappa shape index (κ2) is 12.0. The molecule has 0 saturated heterocycles. The van der Waals surface area contributed by atoms with Gasteiger partial charge in [-0.2, -0.15) is 0 Å². The zero-order valence-corrected chi connectivity index (χ0v) is 19.3. The number of nitrogens with zero attached hydrogens (tertiary/aromatic N) is 1. The molecular formula is C23H28BrClN2O2. The Morgan fingerprint density at radius 2 is 1.93 bits per heavy atom. The van der Waals surface area contributed by atoms with Crippen LogP contribution in [0.25, 0.3) is 0 Å². The lowest BCUT2D eigenvalue weighted by Crippen LogP contribution is -2.47. The average Bonchev–Trinajstić information content (AvgIpc) is 2.71. The molecule has 0 unspecified atom stereocenters. The van der Waals surface area contributed by atoms with Crippen molar-refractivity contribution in [3.63, 3.8) is 0 Å². The van der Waals surface area contributed by atoms with Crippen LogP contribution in [0.15, 0.2) is 53.0 Å². The van der Waals surface area contributed by atoms with Crippen LogP contribution in [0.4, 0.5) is 0 Å². The first-order chi connectivity index (χ1) is 13.9. The summed E-state index contributed by atoms with van der Waals surface area (Å²) in [6.07, 6.45) is 2.76. The van der Waals surface area contributed by atoms with Gasteiger partial charge in [-0.25, -0.2) is 0 Å². The zero-order valence-electron chi connectivity index (χ0n) is 17.0. The molecule has 0 bridgehead atoms. The lowest BCUT2D eigenvalue weighted by molar-refractivity contribution is -0.140. The maximum absolute atomic E-state index is 13.1. The second-order valence-electron chi connectivity index (χ2n) is 7.06. The van der Waals surface area contributed by atoms with E-state index >= 15 is 0 Å². The predicted molar refractivity (Wildman–Crippen MR) is 122 cm³/mol. The van der Waals surface area contributed by atoms with Gasteiger partial charge in [0, 0.05) is 29.0 Å². The Bertz CT molecular complexity index is 828. The number of carbonyl (C=O) groups is 2. The molecule has 0 aliphatic heterocycles. The molecule has 0 aliphatic rings. The number of rotatable bonds is 10. The van der Waals surface area contributed by atoms with E-state index in [1.165, 1.54) is 0 Å². The van der Waals surface area contributed by atoms with Crippen molar-refractivity contribution in [2.24, 2.45) is 0 Å². The zero-order chi connectivity index (χ0) is 21.2. The fraction of sp³-hybridized carbons (Fsp3) is 0.391. The van der Waals surface area contributed by atoms with Gasteiger partial charge in [-0.1, -0.05) is 71.2 Å². The molecule has 0 spiro atoms. The van der Waals surface area contributed by atoms with Gasteiger partial charge in [0.15, 0.2) is 0 Å². The van der Waals surface area contributed by atoms with Gasteiger partial charge >= 0.3 is 0 Å². The third-order valence-corrected chi connectivity index (χ3v) is 5.67. The smallest absolute Gasteiger partial charge is 0.242 e. The quantitative estimate of drug-likeness (QED) is 0.466. The van der Waals surface area contributed by atoms with Crippen molar-refractivity contribution in [2.45, 2.75) is 52.1 Å². The second-order valence-corrected chi connectivity index (χ2v) is 8.39. The van der Waals surface area contributed by atoms with Crippen LogP contribution in [0.5, 0.6) is 0 Å². The third-order valence-electron chi connectivity index (χ3n) is 4.80. The summed E-state index contributed by atoms with van der Waals surface area (Å²) in [6.45, 7) is 4.86. The number of benzene rings is 2. The lowest BCUT2D eigenvalue weighted by atomic mass is 10.1. The van der Waals surface area contributed by atoms with E-state index in [1.807, 2.05) is 48.5 Å². The summed E-state index contributed by atoms with van der Waals surface area (Å²) in [7, 11) is 0. The van der Waals surface area contributed by atoms with Crippen molar-refractivity contribution < 1.29 is 9.59 Å². The van der Waals surface area contributed by atoms with Gasteiger partial charge in [-0.05, 0) is 49.1 Å². The van der Waals surface area contributed by atoms with Crippen molar-refractivity contribution >= 4 is 39.3 Å². The van der Waals surface area contributed by atoms with Crippen molar-refractivity contribution in [2.75, 3.05) is 6.54 Å². The first kappa shape index (κ1) is 23.4. The summed E-state index contributed by atoms with van der Waals surface area (Å²) in [5.41, 5.74) is 1.91. The largest absolute Gasteiger partial charge is 0.354 e. The molecule has 0 heterocycles. The van der Waals surface area contributed by atoms with Crippen LogP contribution >= 0.6 is 27.5 Å². The van der Waals surface area contributed by atoms with Crippen LogP contribution in [-0.4, -0.2) is 29.3 Å². The average molecular weight is 480 g/mol. The molecule has 1 N–H and O–H groups in total. The summed E-state index contributed by atoms with van der Waals surface area (Å²) in [6, 6.07) is 14.8. The monoisotopic (exact) mass is 478 g/mol. The molecule has 2 aromatic carbocycles. The van der Waals surface area contributed by atoms with Gasteiger partial charge in [0.25, 0.3) is 0 Å². The molecule has 0 radical (unpaired) electrons. The van der Waals surface area contributed by atoms with E-state index in [-0.39, 0.29) is 11.8 Å². The van der Waals surface area contributed by atoms with Crippen LogP contribution in [0, 0.1) is 0 Å². The summed E-state index contributed by atoms with van der Waals surface area (Å²) in [5.74, 6) is -0.192. The van der Waals surface area contributed by atoms with Crippen LogP contribution in [-0.2, 0) is 22.6 Å². The first-order valence-electron chi connectivity index (χ1n) is 9.97. The minimum Gasteiger partial charge on any atom is -0.354 e. The maximum atomic E-state index is 13.1. The Morgan fingerprint density at radius 3 is 2.62 bits per heavy atom. The highest BCUT2D eigenvalue weighted by Crippen LogP contribution is 2.19. The molecule has 6 heteroatoms. The summed E-state index contributed by atoms with van der Waals surface area (Å²) in [5, 5.41) is 3.59. The fourth-order valence-electron chi connectivity index (χ4n) is 3.04. The van der Waals surface area contributed by atoms with Crippen molar-refractivity contribution in [3.8, 4) is 0 Å². The lowest BCUT2D eigenvalue weighted by Gasteiger charge is -2.29. The van der Waals surface area contributed by atoms with Crippen molar-refractivity contribution in [1.29, 1.82) is 0 Å². The van der Waals surface area contributed by atoms with Gasteiger partial charge < -0.3 is 10.2 Å². The highest BCUT2D eigenvalue weighted by Gasteiger charge is 2.25. The fourth-order valence-corrected chi connectivity index (χ4v) is 3.71. The molecule has 1 atom stereocenters. The number of hydrogen-bond donors (Lipinski definition) is 1. The Morgan fingerprint density at radius 1 is 1.17 bits per heavy atom. The number of halogens is 2. The van der Waals surface area contributed by atoms with E-state index < -0.39 is 6.04 Å². The molecule has 2 amide bonds. The van der Waals surface area contributed by atoms with Gasteiger partial charge in [-0.3, -0.25) is 9.59 Å². The number of amides is 2. The predicted octanol–water partition coefficient (Wildman–Crippen LogP) is 5.37. The number of nitrogens with one attached hydrogen (secondary N) is 1. The number of carbonyl (C=O) groups excluding carboxylic acids is 2. The van der Waals surface area contributed by atoms with Crippen LogP contribution in [0.3, 0.4) is 0 Å². The van der Waals surface area contributed by atoms with E-state index in [1.54, 1.807) is 11.8 Å². The van der Waals surface area contributed by atoms with Gasteiger partial charge in [-0.15, -0.1) is 0 Å². The number of unbranched alkanes of at least 4 members (excludes halogenated alkanes) is 1. The van der Waals surface area contributed by atoms with Crippen molar-refractivity contribution in [3.05, 3.63) is 69.2 Å². The SMILES string of the molecule is CCCCNC(=O)[C@@H](C)N(Cc1cccc(Br)c1)C(=O)CCc1ccccc1Cl. The standard InChI is InChI=1S/C23H28BrClN2O2/c1-3-4-14-26-23(29)17(2)27(16-18-8-7-10-20(24)15-18)22(28)13-12-19-9-5-6-11-21(19)25/h5-11,15,17H,3-4,12-14,16H2,1-2H3,(H,26,29)/t17-/m1/s1. The van der Waals surface area contributed by atoms with Gasteiger partial charge in [0.05, 0.1) is 0 Å². The summed E-state index contributed by atoms with van der Waals surface area (Å²) >= 11 is 9.69. The van der Waals surface area contributed by atoms with Crippen molar-refractivity contribution in [1.82, 2.24) is 10.2 Å². The number of aryl methyl sites for hydroxylation is 1. The Hall–Kier alpha value is -1.85. The minimum absolute atomic E-state index is 0.0666. The molecule has 2 aromatic rings. The Kier molecular flexibility index (Phi) is 9.68. The minimum atomic E-state index is -0.551. The molecule has 2 rings (SSSR count). The Balaban J connectivity index is 2.12. The van der Waals surface area contributed by atoms with E-state index in [0.717, 1.165) is 28.4 Å². The highest BCUT2D eigenvalue weighted by molar-refractivity contribution is 9.10. The van der Waals surface area contributed by atoms with E-state index in [4.69, 9.17) is 11.6 Å². The highest BCUT2D eigenvalue weighted by atomic mass is 79.9. The molecule has 0 aromatic heterocycles.